The molecule has 3 rings (SSSR count). The molecule has 0 radical (unpaired) electrons. The number of fused-ring (bicyclic) bond motifs is 1. The normalized spacial score (nSPS) is 32.2. The quantitative estimate of drug-likeness (QED) is 0.760. The van der Waals surface area contributed by atoms with Crippen LogP contribution in [0.1, 0.15) is 11.0 Å². The van der Waals surface area contributed by atoms with Crippen LogP contribution in [0.5, 0.6) is 0 Å². The standard InChI is InChI=1S/C13H14O4S/c14-6-8-11(15)12(16)13(17-8)10-5-7-3-1-2-4-9(7)18-10/h1-5,8,11-16H,6H2/t8-,11+,12+,13-/m1/s1. The molecule has 1 aromatic heterocycles. The Morgan fingerprint density at radius 3 is 2.61 bits per heavy atom. The van der Waals surface area contributed by atoms with Crippen LogP contribution in [0, 0.1) is 0 Å². The minimum Gasteiger partial charge on any atom is -0.394 e. The second-order valence-electron chi connectivity index (χ2n) is 4.45. The van der Waals surface area contributed by atoms with Crippen molar-refractivity contribution in [3.05, 3.63) is 35.2 Å². The fourth-order valence-corrected chi connectivity index (χ4v) is 3.42. The summed E-state index contributed by atoms with van der Waals surface area (Å²) in [7, 11) is 0. The lowest BCUT2D eigenvalue weighted by molar-refractivity contribution is -0.0217. The zero-order valence-electron chi connectivity index (χ0n) is 9.56. The lowest BCUT2D eigenvalue weighted by Crippen LogP contribution is -2.32. The summed E-state index contributed by atoms with van der Waals surface area (Å²) in [6.45, 7) is -0.292. The zero-order chi connectivity index (χ0) is 12.7. The van der Waals surface area contributed by atoms with Gasteiger partial charge in [-0.15, -0.1) is 11.3 Å². The Morgan fingerprint density at radius 1 is 1.17 bits per heavy atom. The van der Waals surface area contributed by atoms with Crippen LogP contribution in [0.4, 0.5) is 0 Å². The highest BCUT2D eigenvalue weighted by Crippen LogP contribution is 2.39. The van der Waals surface area contributed by atoms with Crippen molar-refractivity contribution in [2.75, 3.05) is 6.61 Å². The van der Waals surface area contributed by atoms with E-state index in [1.54, 1.807) is 0 Å². The van der Waals surface area contributed by atoms with Crippen LogP contribution in [0.2, 0.25) is 0 Å². The number of rotatable bonds is 2. The van der Waals surface area contributed by atoms with Gasteiger partial charge in [-0.05, 0) is 17.5 Å². The number of aliphatic hydroxyl groups is 3. The average Bonchev–Trinajstić information content (AvgIpc) is 2.92. The lowest BCUT2D eigenvalue weighted by Gasteiger charge is -2.12. The van der Waals surface area contributed by atoms with Gasteiger partial charge in [0.1, 0.15) is 24.4 Å². The van der Waals surface area contributed by atoms with Crippen molar-refractivity contribution in [1.82, 2.24) is 0 Å². The Morgan fingerprint density at radius 2 is 1.94 bits per heavy atom. The van der Waals surface area contributed by atoms with Crippen molar-refractivity contribution < 1.29 is 20.1 Å². The molecule has 0 saturated carbocycles. The largest absolute Gasteiger partial charge is 0.394 e. The Bertz CT molecular complexity index is 520. The van der Waals surface area contributed by atoms with Gasteiger partial charge in [0.2, 0.25) is 0 Å². The first-order chi connectivity index (χ1) is 8.70. The van der Waals surface area contributed by atoms with E-state index in [0.717, 1.165) is 15.0 Å². The summed E-state index contributed by atoms with van der Waals surface area (Å²) < 4.78 is 6.63. The SMILES string of the molecule is OC[C@H]1O[C@H](c2cc3ccccc3s2)[C@@H](O)[C@H]1O. The monoisotopic (exact) mass is 266 g/mol. The Kier molecular flexibility index (Phi) is 3.09. The van der Waals surface area contributed by atoms with E-state index in [9.17, 15) is 10.2 Å². The van der Waals surface area contributed by atoms with Crippen LogP contribution >= 0.6 is 11.3 Å². The molecule has 1 aromatic carbocycles. The first-order valence-electron chi connectivity index (χ1n) is 5.81. The summed E-state index contributed by atoms with van der Waals surface area (Å²) in [4.78, 5) is 0.874. The Labute approximate surface area is 108 Å². The molecule has 18 heavy (non-hydrogen) atoms. The van der Waals surface area contributed by atoms with E-state index >= 15 is 0 Å². The summed E-state index contributed by atoms with van der Waals surface area (Å²) in [6.07, 6.45) is -3.30. The molecule has 2 heterocycles. The molecule has 3 N–H and O–H groups in total. The highest BCUT2D eigenvalue weighted by atomic mass is 32.1. The molecule has 4 nitrogen and oxygen atoms in total. The number of benzene rings is 1. The van der Waals surface area contributed by atoms with Crippen LogP contribution in [-0.4, -0.2) is 40.2 Å². The molecule has 96 valence electrons. The molecular weight excluding hydrogens is 252 g/mol. The predicted octanol–water partition coefficient (Wildman–Crippen LogP) is 1.06. The molecule has 1 aliphatic heterocycles. The third-order valence-corrected chi connectivity index (χ3v) is 4.44. The van der Waals surface area contributed by atoms with Gasteiger partial charge in [-0.3, -0.25) is 0 Å². The van der Waals surface area contributed by atoms with Crippen molar-refractivity contribution in [2.24, 2.45) is 0 Å². The summed E-state index contributed by atoms with van der Waals surface area (Å²) in [5.41, 5.74) is 0. The third-order valence-electron chi connectivity index (χ3n) is 3.27. The highest BCUT2D eigenvalue weighted by Gasteiger charge is 2.43. The summed E-state index contributed by atoms with van der Waals surface area (Å²) >= 11 is 1.54. The van der Waals surface area contributed by atoms with Crippen molar-refractivity contribution in [1.29, 1.82) is 0 Å². The Hall–Kier alpha value is -0.980. The first kappa shape index (κ1) is 12.1. The molecule has 1 aliphatic rings. The molecule has 0 aliphatic carbocycles. The topological polar surface area (TPSA) is 69.9 Å². The molecule has 1 fully saturated rings. The number of aliphatic hydroxyl groups excluding tert-OH is 3. The number of thiophene rings is 1. The molecule has 2 aromatic rings. The molecule has 1 saturated heterocycles. The predicted molar refractivity (Wildman–Crippen MR) is 68.5 cm³/mol. The molecule has 0 amide bonds. The van der Waals surface area contributed by atoms with Gasteiger partial charge in [0.15, 0.2) is 0 Å². The van der Waals surface area contributed by atoms with Gasteiger partial charge in [-0.25, -0.2) is 0 Å². The van der Waals surface area contributed by atoms with Gasteiger partial charge >= 0.3 is 0 Å². The summed E-state index contributed by atoms with van der Waals surface area (Å²) in [5.74, 6) is 0. The van der Waals surface area contributed by atoms with E-state index < -0.39 is 24.4 Å². The van der Waals surface area contributed by atoms with E-state index in [-0.39, 0.29) is 6.61 Å². The fourth-order valence-electron chi connectivity index (χ4n) is 2.28. The molecular formula is C13H14O4S. The first-order valence-corrected chi connectivity index (χ1v) is 6.63. The maximum Gasteiger partial charge on any atom is 0.121 e. The van der Waals surface area contributed by atoms with Crippen LogP contribution in [-0.2, 0) is 4.74 Å². The second-order valence-corrected chi connectivity index (χ2v) is 5.56. The highest BCUT2D eigenvalue weighted by molar-refractivity contribution is 7.19. The van der Waals surface area contributed by atoms with Gasteiger partial charge in [-0.1, -0.05) is 18.2 Å². The number of hydrogen-bond donors (Lipinski definition) is 3. The van der Waals surface area contributed by atoms with Gasteiger partial charge in [0.05, 0.1) is 6.61 Å². The average molecular weight is 266 g/mol. The number of hydrogen-bond acceptors (Lipinski definition) is 5. The van der Waals surface area contributed by atoms with E-state index in [1.165, 1.54) is 11.3 Å². The second kappa shape index (κ2) is 4.60. The maximum atomic E-state index is 9.96. The van der Waals surface area contributed by atoms with Gasteiger partial charge < -0.3 is 20.1 Å². The smallest absolute Gasteiger partial charge is 0.121 e. The van der Waals surface area contributed by atoms with Crippen LogP contribution in [0.3, 0.4) is 0 Å². The van der Waals surface area contributed by atoms with Crippen LogP contribution < -0.4 is 0 Å². The molecule has 4 atom stereocenters. The fraction of sp³-hybridized carbons (Fsp3) is 0.385. The molecule has 0 unspecified atom stereocenters. The minimum atomic E-state index is -1.04. The van der Waals surface area contributed by atoms with Gasteiger partial charge in [0, 0.05) is 9.58 Å². The zero-order valence-corrected chi connectivity index (χ0v) is 10.4. The summed E-state index contributed by atoms with van der Waals surface area (Å²) in [5, 5.41) is 29.9. The Balaban J connectivity index is 1.95. The third kappa shape index (κ3) is 1.84. The van der Waals surface area contributed by atoms with Crippen molar-refractivity contribution in [3.8, 4) is 0 Å². The maximum absolute atomic E-state index is 9.96. The summed E-state index contributed by atoms with van der Waals surface area (Å²) in [6, 6.07) is 9.87. The van der Waals surface area contributed by atoms with Crippen molar-refractivity contribution in [3.63, 3.8) is 0 Å². The van der Waals surface area contributed by atoms with E-state index in [2.05, 4.69) is 0 Å². The van der Waals surface area contributed by atoms with Gasteiger partial charge in [0.25, 0.3) is 0 Å². The molecule has 0 spiro atoms. The van der Waals surface area contributed by atoms with Crippen LogP contribution in [0.25, 0.3) is 10.1 Å². The molecule has 5 heteroatoms. The minimum absolute atomic E-state index is 0.292. The van der Waals surface area contributed by atoms with E-state index in [0.29, 0.717) is 0 Å². The van der Waals surface area contributed by atoms with E-state index in [4.69, 9.17) is 9.84 Å². The van der Waals surface area contributed by atoms with Gasteiger partial charge in [-0.2, -0.15) is 0 Å². The van der Waals surface area contributed by atoms with Crippen molar-refractivity contribution >= 4 is 21.4 Å². The lowest BCUT2D eigenvalue weighted by atomic mass is 10.1. The van der Waals surface area contributed by atoms with Crippen LogP contribution in [0.15, 0.2) is 30.3 Å². The van der Waals surface area contributed by atoms with E-state index in [1.807, 2.05) is 30.3 Å². The number of ether oxygens (including phenoxy) is 1. The molecule has 0 bridgehead atoms. The van der Waals surface area contributed by atoms with Crippen molar-refractivity contribution in [2.45, 2.75) is 24.4 Å².